The van der Waals surface area contributed by atoms with Crippen molar-refractivity contribution in [3.63, 3.8) is 0 Å². The van der Waals surface area contributed by atoms with E-state index in [4.69, 9.17) is 0 Å². The minimum atomic E-state index is -0.290. The summed E-state index contributed by atoms with van der Waals surface area (Å²) < 4.78 is 0.698. The van der Waals surface area contributed by atoms with E-state index in [1.54, 1.807) is 42.5 Å². The first kappa shape index (κ1) is 13.7. The lowest BCUT2D eigenvalue weighted by Gasteiger charge is -2.15. The molecule has 5 heteroatoms. The van der Waals surface area contributed by atoms with E-state index < -0.39 is 0 Å². The molecule has 4 nitrogen and oxygen atoms in total. The number of halogens is 1. The summed E-state index contributed by atoms with van der Waals surface area (Å²) in [6.07, 6.45) is 0.747. The first-order chi connectivity index (χ1) is 10.1. The molecule has 0 spiro atoms. The van der Waals surface area contributed by atoms with Gasteiger partial charge in [-0.05, 0) is 23.8 Å². The number of benzene rings is 2. The third-order valence-corrected chi connectivity index (χ3v) is 4.16. The highest BCUT2D eigenvalue weighted by Crippen LogP contribution is 2.26. The fourth-order valence-corrected chi connectivity index (χ4v) is 2.84. The van der Waals surface area contributed by atoms with Gasteiger partial charge in [-0.1, -0.05) is 40.2 Å². The van der Waals surface area contributed by atoms with Gasteiger partial charge >= 0.3 is 0 Å². The van der Waals surface area contributed by atoms with Crippen molar-refractivity contribution in [2.75, 3.05) is 0 Å². The molecule has 0 fully saturated rings. The van der Waals surface area contributed by atoms with Crippen LogP contribution in [0.5, 0.6) is 0 Å². The Morgan fingerprint density at radius 1 is 1.00 bits per heavy atom. The monoisotopic (exact) mass is 343 g/mol. The number of carbonyl (C=O) groups excluding carboxylic acids is 3. The van der Waals surface area contributed by atoms with Crippen molar-refractivity contribution in [1.82, 2.24) is 4.90 Å². The van der Waals surface area contributed by atoms with Gasteiger partial charge in [-0.2, -0.15) is 0 Å². The fraction of sp³-hybridized carbons (Fsp3) is 0.0625. The molecule has 0 radical (unpaired) electrons. The molecule has 1 aliphatic heterocycles. The molecule has 2 aromatic carbocycles. The van der Waals surface area contributed by atoms with Gasteiger partial charge in [0, 0.05) is 10.0 Å². The van der Waals surface area contributed by atoms with Crippen LogP contribution in [0.2, 0.25) is 0 Å². The van der Waals surface area contributed by atoms with Crippen molar-refractivity contribution < 1.29 is 14.4 Å². The van der Waals surface area contributed by atoms with Gasteiger partial charge in [0.2, 0.25) is 0 Å². The molecule has 1 heterocycles. The molecule has 0 N–H and O–H groups in total. The van der Waals surface area contributed by atoms with E-state index in [1.165, 1.54) is 4.90 Å². The zero-order valence-corrected chi connectivity index (χ0v) is 12.5. The maximum Gasteiger partial charge on any atom is 0.261 e. The topological polar surface area (TPSA) is 54.5 Å². The lowest BCUT2D eigenvalue weighted by atomic mass is 10.1. The van der Waals surface area contributed by atoms with Crippen molar-refractivity contribution in [2.24, 2.45) is 0 Å². The van der Waals surface area contributed by atoms with Gasteiger partial charge in [0.1, 0.15) is 6.29 Å². The second-order valence-electron chi connectivity index (χ2n) is 4.71. The first-order valence-corrected chi connectivity index (χ1v) is 7.10. The zero-order valence-electron chi connectivity index (χ0n) is 10.9. The van der Waals surface area contributed by atoms with Crippen molar-refractivity contribution >= 4 is 34.0 Å². The van der Waals surface area contributed by atoms with Crippen LogP contribution in [0.15, 0.2) is 46.9 Å². The molecule has 2 amide bonds. The van der Waals surface area contributed by atoms with E-state index in [9.17, 15) is 14.4 Å². The molecule has 1 aliphatic rings. The van der Waals surface area contributed by atoms with E-state index in [0.29, 0.717) is 21.2 Å². The SMILES string of the molecule is O=Cc1ccc(CN2C(=O)c3ccccc3C2=O)c(Br)c1. The van der Waals surface area contributed by atoms with Crippen LogP contribution in [0.1, 0.15) is 36.6 Å². The predicted molar refractivity (Wildman–Crippen MR) is 80.2 cm³/mol. The Kier molecular flexibility index (Phi) is 3.43. The number of amides is 2. The number of aldehydes is 1. The van der Waals surface area contributed by atoms with E-state index in [0.717, 1.165) is 11.8 Å². The summed E-state index contributed by atoms with van der Waals surface area (Å²) in [5.74, 6) is -0.580. The summed E-state index contributed by atoms with van der Waals surface area (Å²) in [6, 6.07) is 11.8. The molecule has 21 heavy (non-hydrogen) atoms. The minimum absolute atomic E-state index is 0.173. The lowest BCUT2D eigenvalue weighted by Crippen LogP contribution is -2.29. The molecular weight excluding hydrogens is 334 g/mol. The third-order valence-electron chi connectivity index (χ3n) is 3.42. The molecule has 0 aromatic heterocycles. The lowest BCUT2D eigenvalue weighted by molar-refractivity contribution is 0.0641. The van der Waals surface area contributed by atoms with Crippen molar-refractivity contribution in [3.05, 3.63) is 69.2 Å². The van der Waals surface area contributed by atoms with Crippen LogP contribution in [0, 0.1) is 0 Å². The van der Waals surface area contributed by atoms with Crippen LogP contribution < -0.4 is 0 Å². The largest absolute Gasteiger partial charge is 0.298 e. The molecule has 0 saturated heterocycles. The van der Waals surface area contributed by atoms with Gasteiger partial charge in [-0.15, -0.1) is 0 Å². The van der Waals surface area contributed by atoms with Crippen molar-refractivity contribution in [1.29, 1.82) is 0 Å². The summed E-state index contributed by atoms with van der Waals surface area (Å²) in [7, 11) is 0. The predicted octanol–water partition coefficient (Wildman–Crippen LogP) is 3.06. The van der Waals surface area contributed by atoms with E-state index in [-0.39, 0.29) is 18.4 Å². The highest BCUT2D eigenvalue weighted by Gasteiger charge is 2.35. The molecule has 0 saturated carbocycles. The summed E-state index contributed by atoms with van der Waals surface area (Å²) in [4.78, 5) is 36.5. The quantitative estimate of drug-likeness (QED) is 0.635. The first-order valence-electron chi connectivity index (χ1n) is 6.30. The maximum absolute atomic E-state index is 12.3. The third kappa shape index (κ3) is 2.29. The Morgan fingerprint density at radius 3 is 2.14 bits per heavy atom. The Bertz CT molecular complexity index is 735. The van der Waals surface area contributed by atoms with Crippen molar-refractivity contribution in [2.45, 2.75) is 6.54 Å². The Hall–Kier alpha value is -2.27. The van der Waals surface area contributed by atoms with Crippen molar-refractivity contribution in [3.8, 4) is 0 Å². The average Bonchev–Trinajstić information content (AvgIpc) is 2.74. The van der Waals surface area contributed by atoms with Crippen LogP contribution in [0.4, 0.5) is 0 Å². The number of rotatable bonds is 3. The molecule has 104 valence electrons. The molecular formula is C16H10BrNO3. The van der Waals surface area contributed by atoms with Gasteiger partial charge in [0.15, 0.2) is 0 Å². The fourth-order valence-electron chi connectivity index (χ4n) is 2.32. The van der Waals surface area contributed by atoms with Crippen LogP contribution in [-0.2, 0) is 6.54 Å². The molecule has 0 atom stereocenters. The number of carbonyl (C=O) groups is 3. The number of nitrogens with zero attached hydrogens (tertiary/aromatic N) is 1. The van der Waals surface area contributed by atoms with Gasteiger partial charge in [-0.3, -0.25) is 19.3 Å². The second kappa shape index (κ2) is 5.26. The van der Waals surface area contributed by atoms with Crippen LogP contribution in [0.3, 0.4) is 0 Å². The molecule has 0 aliphatic carbocycles. The Balaban J connectivity index is 1.92. The Morgan fingerprint density at radius 2 is 1.62 bits per heavy atom. The molecule has 0 unspecified atom stereocenters. The highest BCUT2D eigenvalue weighted by molar-refractivity contribution is 9.10. The van der Waals surface area contributed by atoms with Gasteiger partial charge in [0.05, 0.1) is 17.7 Å². The Labute approximate surface area is 129 Å². The van der Waals surface area contributed by atoms with E-state index >= 15 is 0 Å². The number of hydrogen-bond donors (Lipinski definition) is 0. The number of imide groups is 1. The van der Waals surface area contributed by atoms with Crippen LogP contribution in [-0.4, -0.2) is 23.0 Å². The van der Waals surface area contributed by atoms with Gasteiger partial charge in [-0.25, -0.2) is 0 Å². The normalized spacial score (nSPS) is 13.5. The smallest absolute Gasteiger partial charge is 0.261 e. The minimum Gasteiger partial charge on any atom is -0.298 e. The maximum atomic E-state index is 12.3. The van der Waals surface area contributed by atoms with E-state index in [2.05, 4.69) is 15.9 Å². The van der Waals surface area contributed by atoms with Crippen LogP contribution in [0.25, 0.3) is 0 Å². The zero-order chi connectivity index (χ0) is 15.0. The highest BCUT2D eigenvalue weighted by atomic mass is 79.9. The summed E-state index contributed by atoms with van der Waals surface area (Å²) in [6.45, 7) is 0.173. The molecule has 0 bridgehead atoms. The summed E-state index contributed by atoms with van der Waals surface area (Å²) >= 11 is 3.36. The molecule has 3 rings (SSSR count). The number of hydrogen-bond acceptors (Lipinski definition) is 3. The van der Waals surface area contributed by atoms with E-state index in [1.807, 2.05) is 0 Å². The van der Waals surface area contributed by atoms with Gasteiger partial charge in [0.25, 0.3) is 11.8 Å². The standard InChI is InChI=1S/C16H10BrNO3/c17-14-7-10(9-19)5-6-11(14)8-18-15(20)12-3-1-2-4-13(12)16(18)21/h1-7,9H,8H2. The summed E-state index contributed by atoms with van der Waals surface area (Å²) in [5, 5.41) is 0. The summed E-state index contributed by atoms with van der Waals surface area (Å²) in [5.41, 5.74) is 2.18. The van der Waals surface area contributed by atoms with Crippen LogP contribution >= 0.6 is 15.9 Å². The second-order valence-corrected chi connectivity index (χ2v) is 5.57. The van der Waals surface area contributed by atoms with Gasteiger partial charge < -0.3 is 0 Å². The molecule has 2 aromatic rings. The average molecular weight is 344 g/mol. The number of fused-ring (bicyclic) bond motifs is 1.